The quantitative estimate of drug-likeness (QED) is 0.654. The molecule has 0 heterocycles. The molecule has 1 rings (SSSR count). The Hall–Kier alpha value is -1.28. The van der Waals surface area contributed by atoms with Crippen molar-refractivity contribution in [2.75, 3.05) is 0 Å². The lowest BCUT2D eigenvalue weighted by Gasteiger charge is -2.02. The first kappa shape index (κ1) is 8.81. The van der Waals surface area contributed by atoms with E-state index in [-0.39, 0.29) is 11.8 Å². The summed E-state index contributed by atoms with van der Waals surface area (Å²) in [5.74, 6) is 0.209. The van der Waals surface area contributed by atoms with E-state index in [1.807, 2.05) is 30.3 Å². The Morgan fingerprint density at radius 3 is 2.50 bits per heavy atom. The van der Waals surface area contributed by atoms with Crippen molar-refractivity contribution in [1.82, 2.24) is 0 Å². The van der Waals surface area contributed by atoms with Gasteiger partial charge in [0.25, 0.3) is 0 Å². The topological polar surface area (TPSA) is 46.2 Å². The van der Waals surface area contributed by atoms with E-state index >= 15 is 0 Å². The van der Waals surface area contributed by atoms with Crippen LogP contribution in [0.15, 0.2) is 36.1 Å². The summed E-state index contributed by atoms with van der Waals surface area (Å²) >= 11 is 0. The molecular formula is C10H13NO. The predicted octanol–water partition coefficient (Wildman–Crippen LogP) is 1.93. The van der Waals surface area contributed by atoms with Crippen molar-refractivity contribution < 1.29 is 5.11 Å². The Labute approximate surface area is 72.3 Å². The Morgan fingerprint density at radius 2 is 2.00 bits per heavy atom. The lowest BCUT2D eigenvalue weighted by atomic mass is 10.1. The van der Waals surface area contributed by atoms with Gasteiger partial charge in [0.2, 0.25) is 0 Å². The van der Waals surface area contributed by atoms with E-state index in [1.165, 1.54) is 0 Å². The molecule has 0 saturated heterocycles. The molecule has 0 aliphatic rings. The van der Waals surface area contributed by atoms with Gasteiger partial charge in [-0.1, -0.05) is 30.3 Å². The fraction of sp³-hybridized carbons (Fsp3) is 0.200. The van der Waals surface area contributed by atoms with E-state index in [0.717, 1.165) is 5.56 Å². The summed E-state index contributed by atoms with van der Waals surface area (Å²) in [6, 6.07) is 9.29. The first-order chi connectivity index (χ1) is 5.70. The zero-order valence-electron chi connectivity index (χ0n) is 7.07. The number of aliphatic hydroxyl groups excluding tert-OH is 1. The first-order valence-corrected chi connectivity index (χ1v) is 3.91. The third-order valence-corrected chi connectivity index (χ3v) is 1.58. The monoisotopic (exact) mass is 163 g/mol. The molecular weight excluding hydrogens is 150 g/mol. The van der Waals surface area contributed by atoms with Gasteiger partial charge in [-0.25, -0.2) is 0 Å². The van der Waals surface area contributed by atoms with Crippen molar-refractivity contribution in [2.45, 2.75) is 13.0 Å². The molecule has 0 aliphatic carbocycles. The number of hydrogen-bond acceptors (Lipinski definition) is 2. The molecule has 1 atom stereocenters. The number of rotatable bonds is 2. The average Bonchev–Trinajstić information content (AvgIpc) is 2.06. The molecule has 12 heavy (non-hydrogen) atoms. The molecule has 0 unspecified atom stereocenters. The van der Waals surface area contributed by atoms with Gasteiger partial charge in [-0.15, -0.1) is 0 Å². The summed E-state index contributed by atoms with van der Waals surface area (Å²) in [5, 5.41) is 9.32. The molecule has 2 nitrogen and oxygen atoms in total. The van der Waals surface area contributed by atoms with Crippen LogP contribution < -0.4 is 5.73 Å². The maximum atomic E-state index is 9.32. The van der Waals surface area contributed by atoms with E-state index in [0.29, 0.717) is 0 Å². The summed E-state index contributed by atoms with van der Waals surface area (Å²) in [6.07, 6.45) is 1.67. The molecule has 0 aromatic heterocycles. The largest absolute Gasteiger partial charge is 0.511 e. The van der Waals surface area contributed by atoms with Crippen molar-refractivity contribution in [1.29, 1.82) is 0 Å². The highest BCUT2D eigenvalue weighted by molar-refractivity contribution is 5.51. The molecule has 0 fully saturated rings. The van der Waals surface area contributed by atoms with Gasteiger partial charge in [-0.2, -0.15) is 0 Å². The summed E-state index contributed by atoms with van der Waals surface area (Å²) < 4.78 is 0. The fourth-order valence-corrected chi connectivity index (χ4v) is 0.851. The molecule has 64 valence electrons. The van der Waals surface area contributed by atoms with Crippen LogP contribution in [0.2, 0.25) is 0 Å². The normalized spacial score (nSPS) is 14.3. The Balaban J connectivity index is 2.81. The molecule has 3 N–H and O–H groups in total. The van der Waals surface area contributed by atoms with E-state index in [2.05, 4.69) is 0 Å². The predicted molar refractivity (Wildman–Crippen MR) is 50.7 cm³/mol. The van der Waals surface area contributed by atoms with E-state index in [9.17, 15) is 5.11 Å². The number of nitrogens with two attached hydrogens (primary N) is 1. The van der Waals surface area contributed by atoms with Crippen molar-refractivity contribution in [2.24, 2.45) is 5.73 Å². The molecule has 2 heteroatoms. The summed E-state index contributed by atoms with van der Waals surface area (Å²) in [5.41, 5.74) is 6.43. The van der Waals surface area contributed by atoms with Gasteiger partial charge in [0, 0.05) is 0 Å². The van der Waals surface area contributed by atoms with Crippen molar-refractivity contribution in [3.8, 4) is 0 Å². The first-order valence-electron chi connectivity index (χ1n) is 3.91. The van der Waals surface area contributed by atoms with E-state index in [4.69, 9.17) is 5.73 Å². The average molecular weight is 163 g/mol. The number of aliphatic hydroxyl groups is 1. The van der Waals surface area contributed by atoms with Gasteiger partial charge in [0.15, 0.2) is 0 Å². The highest BCUT2D eigenvalue weighted by atomic mass is 16.3. The Bertz CT molecular complexity index is 264. The number of benzene rings is 1. The van der Waals surface area contributed by atoms with Crippen LogP contribution in [0.3, 0.4) is 0 Å². The van der Waals surface area contributed by atoms with E-state index in [1.54, 1.807) is 13.0 Å². The lowest BCUT2D eigenvalue weighted by molar-refractivity contribution is 0.380. The lowest BCUT2D eigenvalue weighted by Crippen LogP contribution is -2.17. The van der Waals surface area contributed by atoms with Crippen LogP contribution in [-0.2, 0) is 0 Å². The van der Waals surface area contributed by atoms with Gasteiger partial charge < -0.3 is 10.8 Å². The van der Waals surface area contributed by atoms with Crippen LogP contribution in [0.4, 0.5) is 0 Å². The number of hydrogen-bond donors (Lipinski definition) is 2. The van der Waals surface area contributed by atoms with Crippen LogP contribution in [0.25, 0.3) is 6.08 Å². The van der Waals surface area contributed by atoms with Crippen LogP contribution in [0.1, 0.15) is 12.5 Å². The second-order valence-electron chi connectivity index (χ2n) is 2.77. The van der Waals surface area contributed by atoms with Gasteiger partial charge in [-0.3, -0.25) is 0 Å². The Morgan fingerprint density at radius 1 is 1.42 bits per heavy atom. The highest BCUT2D eigenvalue weighted by Gasteiger charge is 1.98. The summed E-state index contributed by atoms with van der Waals surface area (Å²) in [7, 11) is 0. The molecule has 0 bridgehead atoms. The van der Waals surface area contributed by atoms with Crippen LogP contribution in [0.5, 0.6) is 0 Å². The minimum Gasteiger partial charge on any atom is -0.511 e. The minimum atomic E-state index is -0.301. The third kappa shape index (κ3) is 2.40. The van der Waals surface area contributed by atoms with Gasteiger partial charge in [-0.05, 0) is 18.6 Å². The van der Waals surface area contributed by atoms with Crippen molar-refractivity contribution >= 4 is 6.08 Å². The van der Waals surface area contributed by atoms with Gasteiger partial charge in [0.05, 0.1) is 6.04 Å². The van der Waals surface area contributed by atoms with Crippen LogP contribution >= 0.6 is 0 Å². The fourth-order valence-electron chi connectivity index (χ4n) is 0.851. The molecule has 1 aromatic carbocycles. The van der Waals surface area contributed by atoms with Gasteiger partial charge >= 0.3 is 0 Å². The zero-order valence-corrected chi connectivity index (χ0v) is 7.07. The molecule has 0 saturated carbocycles. The molecule has 0 aliphatic heterocycles. The zero-order chi connectivity index (χ0) is 8.97. The van der Waals surface area contributed by atoms with Crippen LogP contribution in [-0.4, -0.2) is 11.1 Å². The summed E-state index contributed by atoms with van der Waals surface area (Å²) in [6.45, 7) is 1.74. The molecule has 0 amide bonds. The van der Waals surface area contributed by atoms with Crippen molar-refractivity contribution in [3.05, 3.63) is 41.7 Å². The van der Waals surface area contributed by atoms with Gasteiger partial charge in [0.1, 0.15) is 5.76 Å². The standard InChI is InChI=1S/C10H13NO/c1-8(11)10(12)7-9-5-3-2-4-6-9/h2-8,12H,11H2,1H3/t8-/m0/s1. The van der Waals surface area contributed by atoms with Crippen molar-refractivity contribution in [3.63, 3.8) is 0 Å². The maximum absolute atomic E-state index is 9.32. The third-order valence-electron chi connectivity index (χ3n) is 1.58. The second kappa shape index (κ2) is 3.93. The second-order valence-corrected chi connectivity index (χ2v) is 2.77. The Kier molecular flexibility index (Phi) is 2.88. The molecule has 1 aromatic rings. The van der Waals surface area contributed by atoms with Crippen LogP contribution in [0, 0.1) is 0 Å². The molecule has 0 spiro atoms. The smallest absolute Gasteiger partial charge is 0.109 e. The SMILES string of the molecule is C[C@H](N)C(O)=Cc1ccccc1. The minimum absolute atomic E-state index is 0.209. The highest BCUT2D eigenvalue weighted by Crippen LogP contribution is 2.05. The maximum Gasteiger partial charge on any atom is 0.109 e. The molecule has 0 radical (unpaired) electrons. The summed E-state index contributed by atoms with van der Waals surface area (Å²) in [4.78, 5) is 0. The van der Waals surface area contributed by atoms with E-state index < -0.39 is 0 Å².